The quantitative estimate of drug-likeness (QED) is 0.940. The number of nitrogens with one attached hydrogen (secondary N) is 1. The molecule has 0 spiro atoms. The molecule has 2 rings (SSSR count). The highest BCUT2D eigenvalue weighted by atomic mass is 79.9. The van der Waals surface area contributed by atoms with Crippen molar-refractivity contribution < 1.29 is 9.18 Å². The highest BCUT2D eigenvalue weighted by molar-refractivity contribution is 9.10. The van der Waals surface area contributed by atoms with Crippen LogP contribution in [0.2, 0.25) is 0 Å². The molecule has 0 fully saturated rings. The summed E-state index contributed by atoms with van der Waals surface area (Å²) >= 11 is 3.25. The number of carbonyl (C=O) groups is 1. The first kappa shape index (κ1) is 13.7. The normalized spacial score (nSPS) is 10.2. The Balaban J connectivity index is 1.86. The molecule has 0 aliphatic carbocycles. The Hall–Kier alpha value is -1.75. The van der Waals surface area contributed by atoms with E-state index in [0.717, 1.165) is 10.0 Å². The Labute approximate surface area is 119 Å². The summed E-state index contributed by atoms with van der Waals surface area (Å²) in [6.07, 6.45) is 2.15. The number of benzene rings is 1. The number of nitrogens with zero attached hydrogens (tertiary/aromatic N) is 1. The lowest BCUT2D eigenvalue weighted by atomic mass is 10.1. The third kappa shape index (κ3) is 4.13. The van der Waals surface area contributed by atoms with Gasteiger partial charge in [0.25, 0.3) is 5.91 Å². The average molecular weight is 323 g/mol. The number of aromatic nitrogens is 1. The lowest BCUT2D eigenvalue weighted by Crippen LogP contribution is -2.26. The van der Waals surface area contributed by atoms with Crippen molar-refractivity contribution >= 4 is 21.8 Å². The molecule has 2 aromatic rings. The van der Waals surface area contributed by atoms with E-state index in [4.69, 9.17) is 0 Å². The SMILES string of the molecule is O=C(NCCc1cccc(F)c1)c1ccc(Br)cn1. The highest BCUT2D eigenvalue weighted by Gasteiger charge is 2.06. The topological polar surface area (TPSA) is 42.0 Å². The van der Waals surface area contributed by atoms with Crippen molar-refractivity contribution in [2.75, 3.05) is 6.54 Å². The molecule has 0 saturated carbocycles. The van der Waals surface area contributed by atoms with Gasteiger partial charge in [-0.3, -0.25) is 4.79 Å². The number of pyridine rings is 1. The van der Waals surface area contributed by atoms with E-state index in [1.165, 1.54) is 12.1 Å². The van der Waals surface area contributed by atoms with E-state index in [9.17, 15) is 9.18 Å². The number of halogens is 2. The molecule has 98 valence electrons. The van der Waals surface area contributed by atoms with Crippen molar-refractivity contribution in [2.45, 2.75) is 6.42 Å². The molecule has 0 radical (unpaired) electrons. The summed E-state index contributed by atoms with van der Waals surface area (Å²) in [7, 11) is 0. The van der Waals surface area contributed by atoms with E-state index in [1.54, 1.807) is 24.4 Å². The minimum atomic E-state index is -0.265. The van der Waals surface area contributed by atoms with E-state index in [-0.39, 0.29) is 11.7 Å². The molecular formula is C14H12BrFN2O. The smallest absolute Gasteiger partial charge is 0.269 e. The highest BCUT2D eigenvalue weighted by Crippen LogP contribution is 2.07. The first-order valence-electron chi connectivity index (χ1n) is 5.79. The largest absolute Gasteiger partial charge is 0.350 e. The van der Waals surface area contributed by atoms with Crippen LogP contribution in [-0.2, 0) is 6.42 Å². The summed E-state index contributed by atoms with van der Waals surface area (Å²) in [5.41, 5.74) is 1.21. The third-order valence-corrected chi connectivity index (χ3v) is 3.02. The summed E-state index contributed by atoms with van der Waals surface area (Å²) in [5, 5.41) is 2.75. The van der Waals surface area contributed by atoms with Crippen molar-refractivity contribution in [1.29, 1.82) is 0 Å². The van der Waals surface area contributed by atoms with Crippen LogP contribution >= 0.6 is 15.9 Å². The third-order valence-electron chi connectivity index (χ3n) is 2.55. The molecule has 0 aliphatic rings. The summed E-state index contributed by atoms with van der Waals surface area (Å²) in [4.78, 5) is 15.7. The van der Waals surface area contributed by atoms with Gasteiger partial charge < -0.3 is 5.32 Å². The van der Waals surface area contributed by atoms with Crippen LogP contribution in [0.1, 0.15) is 16.1 Å². The van der Waals surface area contributed by atoms with Crippen LogP contribution in [0.3, 0.4) is 0 Å². The zero-order chi connectivity index (χ0) is 13.7. The molecule has 5 heteroatoms. The maximum Gasteiger partial charge on any atom is 0.269 e. The van der Waals surface area contributed by atoms with Crippen LogP contribution in [0.15, 0.2) is 47.1 Å². The van der Waals surface area contributed by atoms with Crippen LogP contribution in [0.4, 0.5) is 4.39 Å². The summed E-state index contributed by atoms with van der Waals surface area (Å²) < 4.78 is 13.8. The van der Waals surface area contributed by atoms with E-state index in [2.05, 4.69) is 26.2 Å². The fraction of sp³-hybridized carbons (Fsp3) is 0.143. The van der Waals surface area contributed by atoms with E-state index < -0.39 is 0 Å². The zero-order valence-electron chi connectivity index (χ0n) is 10.1. The Morgan fingerprint density at radius 2 is 2.16 bits per heavy atom. The van der Waals surface area contributed by atoms with E-state index in [1.807, 2.05) is 6.07 Å². The minimum Gasteiger partial charge on any atom is -0.350 e. The summed E-state index contributed by atoms with van der Waals surface area (Å²) in [6, 6.07) is 9.74. The van der Waals surface area contributed by atoms with Crippen LogP contribution in [0, 0.1) is 5.82 Å². The van der Waals surface area contributed by atoms with Crippen LogP contribution in [0.5, 0.6) is 0 Å². The minimum absolute atomic E-state index is 0.232. The van der Waals surface area contributed by atoms with Gasteiger partial charge in [0.2, 0.25) is 0 Å². The van der Waals surface area contributed by atoms with Gasteiger partial charge in [0.15, 0.2) is 0 Å². The fourth-order valence-corrected chi connectivity index (χ4v) is 1.85. The van der Waals surface area contributed by atoms with Crippen molar-refractivity contribution in [3.63, 3.8) is 0 Å². The standard InChI is InChI=1S/C14H12BrFN2O/c15-11-4-5-13(18-9-11)14(19)17-7-6-10-2-1-3-12(16)8-10/h1-5,8-9H,6-7H2,(H,17,19). The molecule has 1 heterocycles. The molecule has 1 N–H and O–H groups in total. The number of amides is 1. The van der Waals surface area contributed by atoms with Gasteiger partial charge in [-0.1, -0.05) is 12.1 Å². The van der Waals surface area contributed by atoms with Gasteiger partial charge in [-0.25, -0.2) is 9.37 Å². The molecule has 1 amide bonds. The Morgan fingerprint density at radius 1 is 1.32 bits per heavy atom. The Bertz CT molecular complexity index is 572. The second-order valence-electron chi connectivity index (χ2n) is 4.00. The van der Waals surface area contributed by atoms with Gasteiger partial charge >= 0.3 is 0 Å². The predicted molar refractivity (Wildman–Crippen MR) is 74.4 cm³/mol. The van der Waals surface area contributed by atoms with Crippen LogP contribution in [-0.4, -0.2) is 17.4 Å². The van der Waals surface area contributed by atoms with Gasteiger partial charge in [-0.15, -0.1) is 0 Å². The predicted octanol–water partition coefficient (Wildman–Crippen LogP) is 2.96. The summed E-state index contributed by atoms with van der Waals surface area (Å²) in [6.45, 7) is 0.444. The maximum atomic E-state index is 13.0. The van der Waals surface area contributed by atoms with Crippen LogP contribution < -0.4 is 5.32 Å². The molecule has 19 heavy (non-hydrogen) atoms. The second kappa shape index (κ2) is 6.43. The first-order valence-corrected chi connectivity index (χ1v) is 6.58. The molecule has 3 nitrogen and oxygen atoms in total. The van der Waals surface area contributed by atoms with Crippen molar-refractivity contribution in [3.8, 4) is 0 Å². The Morgan fingerprint density at radius 3 is 2.84 bits per heavy atom. The van der Waals surface area contributed by atoms with Gasteiger partial charge in [-0.2, -0.15) is 0 Å². The van der Waals surface area contributed by atoms with Crippen molar-refractivity contribution in [2.24, 2.45) is 0 Å². The van der Waals surface area contributed by atoms with Crippen molar-refractivity contribution in [3.05, 3.63) is 64.1 Å². The van der Waals surface area contributed by atoms with Crippen LogP contribution in [0.25, 0.3) is 0 Å². The first-order chi connectivity index (χ1) is 9.15. The number of hydrogen-bond acceptors (Lipinski definition) is 2. The number of hydrogen-bond donors (Lipinski definition) is 1. The molecule has 0 unspecified atom stereocenters. The molecule has 0 saturated heterocycles. The number of rotatable bonds is 4. The lowest BCUT2D eigenvalue weighted by molar-refractivity contribution is 0.0949. The molecule has 0 aliphatic heterocycles. The zero-order valence-corrected chi connectivity index (χ0v) is 11.7. The molecule has 1 aromatic heterocycles. The Kier molecular flexibility index (Phi) is 4.63. The molecule has 1 aromatic carbocycles. The maximum absolute atomic E-state index is 13.0. The fourth-order valence-electron chi connectivity index (χ4n) is 1.61. The molecule has 0 atom stereocenters. The summed E-state index contributed by atoms with van der Waals surface area (Å²) in [5.74, 6) is -0.498. The van der Waals surface area contributed by atoms with Gasteiger partial charge in [0, 0.05) is 17.2 Å². The average Bonchev–Trinajstić information content (AvgIpc) is 2.39. The monoisotopic (exact) mass is 322 g/mol. The molecular weight excluding hydrogens is 311 g/mol. The second-order valence-corrected chi connectivity index (χ2v) is 4.91. The van der Waals surface area contributed by atoms with Crippen molar-refractivity contribution in [1.82, 2.24) is 10.3 Å². The van der Waals surface area contributed by atoms with Gasteiger partial charge in [-0.05, 0) is 52.2 Å². The number of carbonyl (C=O) groups excluding carboxylic acids is 1. The van der Waals surface area contributed by atoms with Gasteiger partial charge in [0.05, 0.1) is 0 Å². The molecule has 0 bridgehead atoms. The van der Waals surface area contributed by atoms with E-state index >= 15 is 0 Å². The lowest BCUT2D eigenvalue weighted by Gasteiger charge is -2.05. The van der Waals surface area contributed by atoms with E-state index in [0.29, 0.717) is 18.7 Å². The van der Waals surface area contributed by atoms with Gasteiger partial charge in [0.1, 0.15) is 11.5 Å².